The van der Waals surface area contributed by atoms with E-state index in [9.17, 15) is 18.0 Å². The van der Waals surface area contributed by atoms with Gasteiger partial charge in [-0.05, 0) is 19.1 Å². The molecule has 2 rings (SSSR count). The molecule has 0 aliphatic carbocycles. The molecule has 0 saturated carbocycles. The van der Waals surface area contributed by atoms with Crippen LogP contribution in [0, 0.1) is 6.92 Å². The third-order valence-corrected chi connectivity index (χ3v) is 2.69. The Morgan fingerprint density at radius 3 is 2.40 bits per heavy atom. The van der Waals surface area contributed by atoms with Gasteiger partial charge in [-0.15, -0.1) is 0 Å². The fraction of sp³-hybridized carbons (Fsp3) is 0.167. The molecule has 0 spiro atoms. The third kappa shape index (κ3) is 2.50. The highest BCUT2D eigenvalue weighted by molar-refractivity contribution is 5.95. The van der Waals surface area contributed by atoms with Gasteiger partial charge in [0.25, 0.3) is 5.91 Å². The Hall–Kier alpha value is -2.35. The maximum absolute atomic E-state index is 13.1. The van der Waals surface area contributed by atoms with Gasteiger partial charge in [0.1, 0.15) is 0 Å². The molecule has 0 aliphatic heterocycles. The van der Waals surface area contributed by atoms with E-state index in [0.29, 0.717) is 4.68 Å². The summed E-state index contributed by atoms with van der Waals surface area (Å²) in [5.41, 5.74) is 0.993. The van der Waals surface area contributed by atoms with Crippen LogP contribution < -0.4 is 11.3 Å². The number of aryl methyl sites for hydroxylation is 1. The Kier molecular flexibility index (Phi) is 3.49. The van der Waals surface area contributed by atoms with Crippen LogP contribution in [-0.2, 0) is 6.18 Å². The van der Waals surface area contributed by atoms with Crippen LogP contribution in [0.3, 0.4) is 0 Å². The quantitative estimate of drug-likeness (QED) is 0.502. The number of hydrazine groups is 1. The molecule has 0 aliphatic rings. The molecule has 8 heteroatoms. The van der Waals surface area contributed by atoms with Crippen molar-refractivity contribution in [3.63, 3.8) is 0 Å². The van der Waals surface area contributed by atoms with Crippen molar-refractivity contribution in [1.82, 2.24) is 15.2 Å². The Morgan fingerprint density at radius 1 is 1.30 bits per heavy atom. The number of nitrogen functional groups attached to an aromatic ring is 1. The molecule has 2 aromatic rings. The molecule has 106 valence electrons. The number of carbonyl (C=O) groups excluding carboxylic acids is 1. The number of nitrogens with one attached hydrogen (secondary N) is 1. The summed E-state index contributed by atoms with van der Waals surface area (Å²) in [6, 6.07) is 6.28. The Bertz CT molecular complexity index is 631. The molecule has 0 unspecified atom stereocenters. The summed E-state index contributed by atoms with van der Waals surface area (Å²) < 4.78 is 40.0. The summed E-state index contributed by atoms with van der Waals surface area (Å²) in [6.07, 6.45) is -3.89. The number of nitrogens with zero attached hydrogens (tertiary/aromatic N) is 2. The van der Waals surface area contributed by atoms with Gasteiger partial charge in [-0.1, -0.05) is 17.7 Å². The van der Waals surface area contributed by atoms with Gasteiger partial charge in [-0.3, -0.25) is 10.2 Å². The normalized spacial score (nSPS) is 11.4. The van der Waals surface area contributed by atoms with Crippen molar-refractivity contribution in [1.29, 1.82) is 0 Å². The smallest absolute Gasteiger partial charge is 0.290 e. The molecule has 20 heavy (non-hydrogen) atoms. The van der Waals surface area contributed by atoms with Crippen LogP contribution in [0.1, 0.15) is 21.6 Å². The lowest BCUT2D eigenvalue weighted by Gasteiger charge is -2.12. The van der Waals surface area contributed by atoms with Crippen LogP contribution in [0.2, 0.25) is 0 Å². The molecule has 0 atom stereocenters. The molecule has 1 heterocycles. The number of amides is 1. The van der Waals surface area contributed by atoms with E-state index in [1.807, 2.05) is 6.92 Å². The molecular formula is C12H11F3N4O. The van der Waals surface area contributed by atoms with E-state index in [1.165, 1.54) is 12.1 Å². The standard InChI is InChI=1S/C12H11F3N4O/c1-7-2-4-8(5-3-7)19-10(12(13,14)15)9(6-17-19)11(20)18-16/h2-6H,16H2,1H3,(H,18,20). The van der Waals surface area contributed by atoms with Crippen molar-refractivity contribution in [2.24, 2.45) is 5.84 Å². The number of nitrogens with two attached hydrogens (primary N) is 1. The summed E-state index contributed by atoms with van der Waals surface area (Å²) in [5, 5.41) is 3.63. The second-order valence-corrected chi connectivity index (χ2v) is 4.13. The van der Waals surface area contributed by atoms with Gasteiger partial charge in [0.15, 0.2) is 5.69 Å². The summed E-state index contributed by atoms with van der Waals surface area (Å²) in [6.45, 7) is 1.81. The average molecular weight is 284 g/mol. The monoisotopic (exact) mass is 284 g/mol. The van der Waals surface area contributed by atoms with Gasteiger partial charge >= 0.3 is 6.18 Å². The summed E-state index contributed by atoms with van der Waals surface area (Å²) >= 11 is 0. The number of halogens is 3. The fourth-order valence-electron chi connectivity index (χ4n) is 1.75. The molecule has 0 saturated heterocycles. The zero-order chi connectivity index (χ0) is 14.9. The second-order valence-electron chi connectivity index (χ2n) is 4.13. The van der Waals surface area contributed by atoms with Crippen LogP contribution in [0.5, 0.6) is 0 Å². The van der Waals surface area contributed by atoms with Gasteiger partial charge in [0, 0.05) is 0 Å². The lowest BCUT2D eigenvalue weighted by Crippen LogP contribution is -2.31. The lowest BCUT2D eigenvalue weighted by molar-refractivity contribution is -0.143. The van der Waals surface area contributed by atoms with Crippen LogP contribution in [0.25, 0.3) is 5.69 Å². The van der Waals surface area contributed by atoms with E-state index >= 15 is 0 Å². The topological polar surface area (TPSA) is 72.9 Å². The minimum atomic E-state index is -4.73. The highest BCUT2D eigenvalue weighted by atomic mass is 19.4. The van der Waals surface area contributed by atoms with Gasteiger partial charge in [-0.2, -0.15) is 18.3 Å². The van der Waals surface area contributed by atoms with Crippen molar-refractivity contribution >= 4 is 5.91 Å². The van der Waals surface area contributed by atoms with E-state index in [0.717, 1.165) is 11.8 Å². The largest absolute Gasteiger partial charge is 0.434 e. The van der Waals surface area contributed by atoms with Crippen molar-refractivity contribution in [2.45, 2.75) is 13.1 Å². The molecule has 1 aromatic heterocycles. The Labute approximate surface area is 112 Å². The highest BCUT2D eigenvalue weighted by Gasteiger charge is 2.40. The van der Waals surface area contributed by atoms with Crippen LogP contribution in [0.15, 0.2) is 30.5 Å². The van der Waals surface area contributed by atoms with E-state index in [2.05, 4.69) is 5.10 Å². The van der Waals surface area contributed by atoms with Gasteiger partial charge in [-0.25, -0.2) is 10.5 Å². The first-order valence-electron chi connectivity index (χ1n) is 5.58. The molecule has 0 fully saturated rings. The van der Waals surface area contributed by atoms with E-state index in [4.69, 9.17) is 5.84 Å². The zero-order valence-corrected chi connectivity index (χ0v) is 10.4. The van der Waals surface area contributed by atoms with E-state index in [1.54, 1.807) is 17.6 Å². The molecule has 3 N–H and O–H groups in total. The first-order valence-corrected chi connectivity index (χ1v) is 5.58. The fourth-order valence-corrected chi connectivity index (χ4v) is 1.75. The molecule has 0 bridgehead atoms. The highest BCUT2D eigenvalue weighted by Crippen LogP contribution is 2.33. The molecule has 0 radical (unpaired) electrons. The maximum atomic E-state index is 13.1. The maximum Gasteiger partial charge on any atom is 0.434 e. The number of hydrogen-bond acceptors (Lipinski definition) is 3. The first kappa shape index (κ1) is 14.1. The number of hydrogen-bond donors (Lipinski definition) is 2. The van der Waals surface area contributed by atoms with Crippen molar-refractivity contribution in [3.05, 3.63) is 47.3 Å². The first-order chi connectivity index (χ1) is 9.34. The summed E-state index contributed by atoms with van der Waals surface area (Å²) in [7, 11) is 0. The lowest BCUT2D eigenvalue weighted by atomic mass is 10.2. The minimum absolute atomic E-state index is 0.207. The average Bonchev–Trinajstić information content (AvgIpc) is 2.83. The van der Waals surface area contributed by atoms with Gasteiger partial charge < -0.3 is 0 Å². The predicted molar refractivity (Wildman–Crippen MR) is 65.0 cm³/mol. The van der Waals surface area contributed by atoms with Crippen molar-refractivity contribution in [2.75, 3.05) is 0 Å². The molecule has 1 aromatic carbocycles. The number of carbonyl (C=O) groups is 1. The number of rotatable bonds is 2. The summed E-state index contributed by atoms with van der Waals surface area (Å²) in [4.78, 5) is 11.4. The molecule has 5 nitrogen and oxygen atoms in total. The Morgan fingerprint density at radius 2 is 1.90 bits per heavy atom. The zero-order valence-electron chi connectivity index (χ0n) is 10.4. The number of alkyl halides is 3. The van der Waals surface area contributed by atoms with Crippen LogP contribution in [-0.4, -0.2) is 15.7 Å². The Balaban J connectivity index is 2.62. The molecular weight excluding hydrogens is 273 g/mol. The molecule has 1 amide bonds. The van der Waals surface area contributed by atoms with E-state index in [-0.39, 0.29) is 5.69 Å². The van der Waals surface area contributed by atoms with Crippen LogP contribution in [0.4, 0.5) is 13.2 Å². The predicted octanol–water partition coefficient (Wildman–Crippen LogP) is 1.80. The van der Waals surface area contributed by atoms with Gasteiger partial charge in [0.05, 0.1) is 17.4 Å². The van der Waals surface area contributed by atoms with Gasteiger partial charge in [0.2, 0.25) is 0 Å². The summed E-state index contributed by atoms with van der Waals surface area (Å²) in [5.74, 6) is 3.83. The third-order valence-electron chi connectivity index (χ3n) is 2.69. The van der Waals surface area contributed by atoms with Crippen molar-refractivity contribution < 1.29 is 18.0 Å². The van der Waals surface area contributed by atoms with E-state index < -0.39 is 23.3 Å². The van der Waals surface area contributed by atoms with Crippen LogP contribution >= 0.6 is 0 Å². The minimum Gasteiger partial charge on any atom is -0.290 e. The van der Waals surface area contributed by atoms with Crippen molar-refractivity contribution in [3.8, 4) is 5.69 Å². The number of aromatic nitrogens is 2. The number of benzene rings is 1. The second kappa shape index (κ2) is 4.97. The SMILES string of the molecule is Cc1ccc(-n2ncc(C(=O)NN)c2C(F)(F)F)cc1.